The molecule has 3 aliphatic rings. The van der Waals surface area contributed by atoms with Gasteiger partial charge < -0.3 is 0 Å². The smallest absolute Gasteiger partial charge is 0.00912 e. The highest BCUT2D eigenvalue weighted by Gasteiger charge is 2.55. The van der Waals surface area contributed by atoms with Gasteiger partial charge in [0.25, 0.3) is 0 Å². The zero-order valence-corrected chi connectivity index (χ0v) is 43.8. The van der Waals surface area contributed by atoms with Gasteiger partial charge in [0.05, 0.1) is 0 Å². The van der Waals surface area contributed by atoms with Gasteiger partial charge >= 0.3 is 0 Å². The van der Waals surface area contributed by atoms with E-state index in [1.807, 2.05) is 0 Å². The van der Waals surface area contributed by atoms with Crippen LogP contribution >= 0.6 is 0 Å². The molecule has 0 N–H and O–H groups in total. The molecule has 0 heteroatoms. The Bertz CT molecular complexity index is 1140. The van der Waals surface area contributed by atoms with Gasteiger partial charge in [-0.05, 0) is 162 Å². The van der Waals surface area contributed by atoms with Crippen LogP contribution in [0.2, 0.25) is 0 Å². The van der Waals surface area contributed by atoms with Crippen molar-refractivity contribution in [3.05, 3.63) is 46.6 Å². The van der Waals surface area contributed by atoms with E-state index in [-0.39, 0.29) is 7.43 Å². The van der Waals surface area contributed by atoms with Gasteiger partial charge in [-0.1, -0.05) is 209 Å². The lowest BCUT2D eigenvalue weighted by Crippen LogP contribution is -2.29. The second kappa shape index (κ2) is 24.0. The van der Waals surface area contributed by atoms with Crippen LogP contribution < -0.4 is 0 Å². The van der Waals surface area contributed by atoms with Gasteiger partial charge in [-0.2, -0.15) is 0 Å². The first-order valence-electron chi connectivity index (χ1n) is 24.8. The van der Waals surface area contributed by atoms with Crippen molar-refractivity contribution in [2.75, 3.05) is 0 Å². The molecule has 0 radical (unpaired) electrons. The lowest BCUT2D eigenvalue weighted by atomic mass is 9.70. The van der Waals surface area contributed by atoms with Crippen LogP contribution in [0.5, 0.6) is 0 Å². The van der Waals surface area contributed by atoms with Crippen molar-refractivity contribution in [3.8, 4) is 0 Å². The molecule has 0 aromatic carbocycles. The van der Waals surface area contributed by atoms with Gasteiger partial charge in [-0.3, -0.25) is 0 Å². The molecule has 3 aliphatic carbocycles. The van der Waals surface area contributed by atoms with Gasteiger partial charge in [0.15, 0.2) is 0 Å². The average Bonchev–Trinajstić information content (AvgIpc) is 3.75. The Morgan fingerprint density at radius 2 is 0.500 bits per heavy atom. The predicted molar refractivity (Wildman–Crippen MR) is 268 cm³/mol. The average molecular weight is 808 g/mol. The molecule has 0 aliphatic heterocycles. The maximum absolute atomic E-state index is 4.39. The van der Waals surface area contributed by atoms with Crippen LogP contribution in [-0.4, -0.2) is 0 Å². The summed E-state index contributed by atoms with van der Waals surface area (Å²) in [5.41, 5.74) is 9.62. The van der Waals surface area contributed by atoms with Gasteiger partial charge in [0.2, 0.25) is 0 Å². The van der Waals surface area contributed by atoms with Crippen molar-refractivity contribution >= 4 is 0 Å². The van der Waals surface area contributed by atoms with Crippen LogP contribution in [0.15, 0.2) is 46.6 Å². The van der Waals surface area contributed by atoms with E-state index in [9.17, 15) is 0 Å². The minimum absolute atomic E-state index is 0. The van der Waals surface area contributed by atoms with Crippen LogP contribution in [-0.2, 0) is 0 Å². The molecular formula is C58H110. The third-order valence-corrected chi connectivity index (χ3v) is 15.5. The first kappa shape index (κ1) is 57.0. The standard InChI is InChI=1S/2C20H38.C17H30.CH4/c2*1-11(2)16-17(12(3)4)19(14(7)8)20(15(9)10)18(16)13(5)6;1-10(2)14-9-15(11(3)4)17(13(7)8)16(14)12(5)6;/h2*12-20H,1H2,2-10H3;10-13H,9H2,1-8H3;1H4. The zero-order valence-electron chi connectivity index (χ0n) is 43.8. The molecule has 3 rings (SSSR count). The summed E-state index contributed by atoms with van der Waals surface area (Å²) in [6.07, 6.45) is 1.23. The van der Waals surface area contributed by atoms with Crippen molar-refractivity contribution in [1.82, 2.24) is 0 Å². The Kier molecular flexibility index (Phi) is 23.5. The number of hydrogen-bond donors (Lipinski definition) is 0. The van der Waals surface area contributed by atoms with Gasteiger partial charge in [0, 0.05) is 0 Å². The van der Waals surface area contributed by atoms with Crippen LogP contribution in [0.25, 0.3) is 0 Å². The highest BCUT2D eigenvalue weighted by molar-refractivity contribution is 5.50. The Morgan fingerprint density at radius 1 is 0.328 bits per heavy atom. The second-order valence-electron chi connectivity index (χ2n) is 24.0. The fraction of sp³-hybridized carbons (Fsp3) is 0.862. The third kappa shape index (κ3) is 13.0. The minimum Gasteiger partial charge on any atom is -0.0998 e. The molecule has 0 saturated heterocycles. The largest absolute Gasteiger partial charge is 0.0998 e. The van der Waals surface area contributed by atoms with Crippen molar-refractivity contribution < 1.29 is 0 Å². The molecule has 0 spiro atoms. The van der Waals surface area contributed by atoms with Crippen LogP contribution in [0.4, 0.5) is 0 Å². The molecule has 58 heavy (non-hydrogen) atoms. The molecule has 8 unspecified atom stereocenters. The van der Waals surface area contributed by atoms with E-state index in [1.165, 1.54) is 17.6 Å². The molecule has 2 saturated carbocycles. The van der Waals surface area contributed by atoms with Crippen LogP contribution in [0, 0.1) is 130 Å². The fourth-order valence-corrected chi connectivity index (χ4v) is 13.9. The lowest BCUT2D eigenvalue weighted by molar-refractivity contribution is 0.131. The Balaban J connectivity index is 0.000000836. The van der Waals surface area contributed by atoms with E-state index in [2.05, 4.69) is 193 Å². The summed E-state index contributed by atoms with van der Waals surface area (Å²) in [4.78, 5) is 0. The third-order valence-electron chi connectivity index (χ3n) is 15.5. The van der Waals surface area contributed by atoms with Crippen molar-refractivity contribution in [2.45, 2.75) is 194 Å². The fourth-order valence-electron chi connectivity index (χ4n) is 13.9. The quantitative estimate of drug-likeness (QED) is 0.153. The van der Waals surface area contributed by atoms with E-state index in [0.717, 1.165) is 107 Å². The van der Waals surface area contributed by atoms with E-state index < -0.39 is 0 Å². The summed E-state index contributed by atoms with van der Waals surface area (Å²) in [5.74, 6) is 17.0. The lowest BCUT2D eigenvalue weighted by Gasteiger charge is -2.35. The number of allylic oxidation sites excluding steroid dienone is 6. The van der Waals surface area contributed by atoms with Gasteiger partial charge in [-0.25, -0.2) is 0 Å². The second-order valence-corrected chi connectivity index (χ2v) is 24.0. The predicted octanol–water partition coefficient (Wildman–Crippen LogP) is 18.8. The van der Waals surface area contributed by atoms with E-state index >= 15 is 0 Å². The maximum atomic E-state index is 4.39. The van der Waals surface area contributed by atoms with E-state index in [4.69, 9.17) is 0 Å². The highest BCUT2D eigenvalue weighted by atomic mass is 14.6. The maximum Gasteiger partial charge on any atom is -0.00912 e. The highest BCUT2D eigenvalue weighted by Crippen LogP contribution is 2.60. The molecule has 0 bridgehead atoms. The molecular weight excluding hydrogens is 697 g/mol. The molecule has 342 valence electrons. The summed E-state index contributed by atoms with van der Waals surface area (Å²) >= 11 is 0. The summed E-state index contributed by atoms with van der Waals surface area (Å²) in [6, 6.07) is 0. The molecule has 2 fully saturated rings. The van der Waals surface area contributed by atoms with Crippen molar-refractivity contribution in [2.24, 2.45) is 130 Å². The first-order valence-corrected chi connectivity index (χ1v) is 24.8. The summed E-state index contributed by atoms with van der Waals surface area (Å²) < 4.78 is 0. The molecule has 0 aromatic rings. The first-order chi connectivity index (χ1) is 26.0. The van der Waals surface area contributed by atoms with Crippen molar-refractivity contribution in [3.63, 3.8) is 0 Å². The summed E-state index contributed by atoms with van der Waals surface area (Å²) in [7, 11) is 0. The SMILES string of the molecule is C.C=C(C)C1C(C(C)C)C(C(C)C)C(C(C)C)C1C(C)C.C=C(C)C1C(C(C)C)C(C(C)C)C(C(C)C)C1C(C)C.CC(C)C1=C(C(C)C)C(C(C)C)=C(C(C)C)C1. The van der Waals surface area contributed by atoms with Crippen LogP contribution in [0.1, 0.15) is 194 Å². The topological polar surface area (TPSA) is 0 Å². The van der Waals surface area contributed by atoms with E-state index in [0.29, 0.717) is 23.7 Å². The Labute approximate surface area is 369 Å². The molecule has 0 nitrogen and oxygen atoms in total. The molecule has 0 aromatic heterocycles. The number of rotatable bonds is 14. The van der Waals surface area contributed by atoms with E-state index in [1.54, 1.807) is 22.3 Å². The summed E-state index contributed by atoms with van der Waals surface area (Å²) in [5, 5.41) is 0. The Morgan fingerprint density at radius 3 is 0.603 bits per heavy atom. The number of hydrogen-bond acceptors (Lipinski definition) is 0. The van der Waals surface area contributed by atoms with Crippen LogP contribution in [0.3, 0.4) is 0 Å². The Hall–Kier alpha value is -1.04. The monoisotopic (exact) mass is 807 g/mol. The molecule has 0 amide bonds. The summed E-state index contributed by atoms with van der Waals surface area (Å²) in [6.45, 7) is 71.0. The minimum atomic E-state index is 0. The normalized spacial score (nSPS) is 29.1. The molecule has 0 heterocycles. The van der Waals surface area contributed by atoms with Gasteiger partial charge in [0.1, 0.15) is 0 Å². The zero-order chi connectivity index (χ0) is 44.9. The molecule has 8 atom stereocenters. The van der Waals surface area contributed by atoms with Gasteiger partial charge in [-0.15, -0.1) is 0 Å². The van der Waals surface area contributed by atoms with Crippen molar-refractivity contribution in [1.29, 1.82) is 0 Å².